The molecule has 0 aromatic heterocycles. The lowest BCUT2D eigenvalue weighted by molar-refractivity contribution is -0.168. The van der Waals surface area contributed by atoms with Gasteiger partial charge in [0.1, 0.15) is 0 Å². The second-order valence-corrected chi connectivity index (χ2v) is 6.99. The van der Waals surface area contributed by atoms with Gasteiger partial charge >= 0.3 is 11.9 Å². The summed E-state index contributed by atoms with van der Waals surface area (Å²) in [5.74, 6) is -1.42. The lowest BCUT2D eigenvalue weighted by Gasteiger charge is -2.25. The molecule has 0 saturated carbocycles. The van der Waals surface area contributed by atoms with Gasteiger partial charge in [0.25, 0.3) is 0 Å². The van der Waals surface area contributed by atoms with E-state index in [1.54, 1.807) is 32.1 Å². The summed E-state index contributed by atoms with van der Waals surface area (Å²) in [6, 6.07) is 7.19. The molecule has 0 fully saturated rings. The van der Waals surface area contributed by atoms with Crippen molar-refractivity contribution < 1.29 is 23.3 Å². The minimum absolute atomic E-state index is 0.128. The summed E-state index contributed by atoms with van der Waals surface area (Å²) in [7, 11) is -1.51. The van der Waals surface area contributed by atoms with Crippen LogP contribution in [0.5, 0.6) is 0 Å². The number of ether oxygens (including phenoxy) is 2. The monoisotopic (exact) mass is 378 g/mol. The van der Waals surface area contributed by atoms with E-state index in [0.29, 0.717) is 11.3 Å². The molecule has 1 aromatic rings. The van der Waals surface area contributed by atoms with Gasteiger partial charge in [-0.15, -0.1) is 6.58 Å². The zero-order valence-corrected chi connectivity index (χ0v) is 16.3. The zero-order chi connectivity index (χ0) is 19.6. The maximum atomic E-state index is 12.6. The number of esters is 2. The van der Waals surface area contributed by atoms with Crippen molar-refractivity contribution in [3.63, 3.8) is 0 Å². The standard InChI is InChI=1S/C20H26O5S/c1-5-8-13-20(18(21)24-6-2,19(22)25-7-3)14-15-26(23)17-11-9-16(4)10-12-17/h5,9-12,14-15H,1,6-8,13H2,2-4H3/b15-14-. The summed E-state index contributed by atoms with van der Waals surface area (Å²) in [6.45, 7) is 9.15. The largest absolute Gasteiger partial charge is 0.465 e. The van der Waals surface area contributed by atoms with Crippen LogP contribution in [-0.2, 0) is 29.9 Å². The number of hydrogen-bond donors (Lipinski definition) is 0. The number of aryl methyl sites for hydroxylation is 1. The fourth-order valence-corrected chi connectivity index (χ4v) is 3.20. The zero-order valence-electron chi connectivity index (χ0n) is 15.5. The fourth-order valence-electron chi connectivity index (χ4n) is 2.29. The van der Waals surface area contributed by atoms with Crippen molar-refractivity contribution in [2.24, 2.45) is 5.41 Å². The van der Waals surface area contributed by atoms with Gasteiger partial charge in [-0.25, -0.2) is 4.21 Å². The first-order chi connectivity index (χ1) is 12.4. The van der Waals surface area contributed by atoms with Crippen LogP contribution in [0, 0.1) is 12.3 Å². The van der Waals surface area contributed by atoms with Crippen molar-refractivity contribution >= 4 is 22.7 Å². The van der Waals surface area contributed by atoms with E-state index in [1.807, 2.05) is 19.1 Å². The number of carbonyl (C=O) groups excluding carboxylic acids is 2. The average Bonchev–Trinajstić information content (AvgIpc) is 2.62. The molecule has 1 unspecified atom stereocenters. The quantitative estimate of drug-likeness (QED) is 0.353. The van der Waals surface area contributed by atoms with Gasteiger partial charge in [0, 0.05) is 10.3 Å². The molecule has 5 nitrogen and oxygen atoms in total. The highest BCUT2D eigenvalue weighted by atomic mass is 32.2. The third-order valence-electron chi connectivity index (χ3n) is 3.75. The number of carbonyl (C=O) groups is 2. The summed E-state index contributed by atoms with van der Waals surface area (Å²) in [5.41, 5.74) is -0.589. The number of rotatable bonds is 10. The van der Waals surface area contributed by atoms with Crippen LogP contribution in [0.15, 0.2) is 53.3 Å². The highest BCUT2D eigenvalue weighted by Gasteiger charge is 2.46. The van der Waals surface area contributed by atoms with Gasteiger partial charge in [0.2, 0.25) is 0 Å². The second-order valence-electron chi connectivity index (χ2n) is 5.65. The molecule has 0 amide bonds. The van der Waals surface area contributed by atoms with Gasteiger partial charge in [-0.05, 0) is 51.8 Å². The summed E-state index contributed by atoms with van der Waals surface area (Å²) >= 11 is 0. The summed E-state index contributed by atoms with van der Waals surface area (Å²) in [4.78, 5) is 25.7. The molecule has 0 heterocycles. The minimum atomic E-state index is -1.64. The Morgan fingerprint density at radius 1 is 1.12 bits per heavy atom. The Kier molecular flexibility index (Phi) is 8.99. The lowest BCUT2D eigenvalue weighted by atomic mass is 9.83. The molecule has 0 N–H and O–H groups in total. The molecule has 0 radical (unpaired) electrons. The molecular weight excluding hydrogens is 352 g/mol. The molecule has 1 aromatic carbocycles. The maximum absolute atomic E-state index is 12.6. The van der Waals surface area contributed by atoms with E-state index >= 15 is 0 Å². The molecule has 0 aliphatic heterocycles. The predicted octanol–water partition coefficient (Wildman–Crippen LogP) is 3.70. The van der Waals surface area contributed by atoms with Crippen LogP contribution < -0.4 is 0 Å². The summed E-state index contributed by atoms with van der Waals surface area (Å²) < 4.78 is 22.7. The molecule has 142 valence electrons. The maximum Gasteiger partial charge on any atom is 0.327 e. The molecule has 0 saturated heterocycles. The van der Waals surface area contributed by atoms with E-state index in [1.165, 1.54) is 11.5 Å². The number of benzene rings is 1. The van der Waals surface area contributed by atoms with E-state index in [4.69, 9.17) is 9.47 Å². The highest BCUT2D eigenvalue weighted by Crippen LogP contribution is 2.31. The number of allylic oxidation sites excluding steroid dienone is 1. The van der Waals surface area contributed by atoms with Crippen molar-refractivity contribution in [3.8, 4) is 0 Å². The second kappa shape index (κ2) is 10.7. The van der Waals surface area contributed by atoms with E-state index in [9.17, 15) is 13.8 Å². The van der Waals surface area contributed by atoms with E-state index < -0.39 is 28.2 Å². The SMILES string of the molecule is C=CCCC(/C=C\S(=O)c1ccc(C)cc1)(C(=O)OCC)C(=O)OCC. The van der Waals surface area contributed by atoms with Crippen molar-refractivity contribution in [2.45, 2.75) is 38.5 Å². The van der Waals surface area contributed by atoms with Crippen molar-refractivity contribution in [3.05, 3.63) is 54.0 Å². The Hall–Kier alpha value is -2.21. The first-order valence-corrected chi connectivity index (χ1v) is 9.74. The third kappa shape index (κ3) is 5.66. The van der Waals surface area contributed by atoms with Crippen LogP contribution in [-0.4, -0.2) is 29.4 Å². The molecule has 0 aliphatic rings. The number of hydrogen-bond acceptors (Lipinski definition) is 5. The molecule has 0 spiro atoms. The van der Waals surface area contributed by atoms with Gasteiger partial charge in [-0.2, -0.15) is 0 Å². The van der Waals surface area contributed by atoms with Crippen LogP contribution in [0.1, 0.15) is 32.3 Å². The van der Waals surface area contributed by atoms with E-state index in [2.05, 4.69) is 6.58 Å². The molecule has 0 aliphatic carbocycles. The summed E-state index contributed by atoms with van der Waals surface area (Å²) in [6.07, 6.45) is 3.50. The van der Waals surface area contributed by atoms with Crippen molar-refractivity contribution in [2.75, 3.05) is 13.2 Å². The highest BCUT2D eigenvalue weighted by molar-refractivity contribution is 7.88. The van der Waals surface area contributed by atoms with Crippen LogP contribution in [0.25, 0.3) is 0 Å². The van der Waals surface area contributed by atoms with Gasteiger partial charge in [-0.3, -0.25) is 9.59 Å². The molecule has 0 bridgehead atoms. The van der Waals surface area contributed by atoms with Gasteiger partial charge in [0.15, 0.2) is 5.41 Å². The lowest BCUT2D eigenvalue weighted by Crippen LogP contribution is -2.40. The van der Waals surface area contributed by atoms with E-state index in [0.717, 1.165) is 5.56 Å². The molecule has 6 heteroatoms. The Bertz CT molecular complexity index is 658. The molecule has 26 heavy (non-hydrogen) atoms. The Balaban J connectivity index is 3.24. The normalized spacial score (nSPS) is 12.6. The van der Waals surface area contributed by atoms with Crippen molar-refractivity contribution in [1.29, 1.82) is 0 Å². The van der Waals surface area contributed by atoms with E-state index in [-0.39, 0.29) is 19.6 Å². The first kappa shape index (κ1) is 21.8. The molecule has 1 atom stereocenters. The van der Waals surface area contributed by atoms with Crippen molar-refractivity contribution in [1.82, 2.24) is 0 Å². The molecular formula is C20H26O5S. The Labute approximate surface area is 157 Å². The van der Waals surface area contributed by atoms with Crippen LogP contribution in [0.3, 0.4) is 0 Å². The van der Waals surface area contributed by atoms with Crippen LogP contribution in [0.4, 0.5) is 0 Å². The Morgan fingerprint density at radius 3 is 2.12 bits per heavy atom. The predicted molar refractivity (Wildman–Crippen MR) is 102 cm³/mol. The van der Waals surface area contributed by atoms with Gasteiger partial charge in [-0.1, -0.05) is 23.8 Å². The minimum Gasteiger partial charge on any atom is -0.465 e. The first-order valence-electron chi connectivity index (χ1n) is 8.53. The topological polar surface area (TPSA) is 69.7 Å². The smallest absolute Gasteiger partial charge is 0.327 e. The fraction of sp³-hybridized carbons (Fsp3) is 0.400. The van der Waals surface area contributed by atoms with Gasteiger partial charge < -0.3 is 9.47 Å². The molecule has 1 rings (SSSR count). The average molecular weight is 378 g/mol. The van der Waals surface area contributed by atoms with Gasteiger partial charge in [0.05, 0.1) is 24.0 Å². The van der Waals surface area contributed by atoms with Crippen LogP contribution in [0.2, 0.25) is 0 Å². The Morgan fingerprint density at radius 2 is 1.65 bits per heavy atom. The third-order valence-corrected chi connectivity index (χ3v) is 4.87. The van der Waals surface area contributed by atoms with Crippen LogP contribution >= 0.6 is 0 Å². The summed E-state index contributed by atoms with van der Waals surface area (Å²) in [5, 5.41) is 1.35.